The van der Waals surface area contributed by atoms with Gasteiger partial charge in [0.15, 0.2) is 17.3 Å². The molecule has 1 saturated heterocycles. The number of rotatable bonds is 1. The monoisotopic (exact) mass is 213 g/mol. The van der Waals surface area contributed by atoms with Crippen molar-refractivity contribution in [3.05, 3.63) is 5.69 Å². The zero-order valence-corrected chi connectivity index (χ0v) is 8.38. The summed E-state index contributed by atoms with van der Waals surface area (Å²) in [6.45, 7) is 2.74. The number of nitrogen functional groups attached to an aromatic ring is 1. The van der Waals surface area contributed by atoms with Gasteiger partial charge in [-0.2, -0.15) is 8.75 Å². The second kappa shape index (κ2) is 3.89. The quantitative estimate of drug-likeness (QED) is 0.497. The molecule has 0 bridgehead atoms. The second-order valence-corrected chi connectivity index (χ2v) is 3.47. The first-order chi connectivity index (χ1) is 6.79. The molecule has 14 heavy (non-hydrogen) atoms. The molecule has 1 aliphatic rings. The molecule has 0 amide bonds. The number of morpholine rings is 1. The van der Waals surface area contributed by atoms with E-state index < -0.39 is 0 Å². The maximum atomic E-state index is 7.88. The molecule has 1 aromatic rings. The molecule has 2 rings (SSSR count). The van der Waals surface area contributed by atoms with Crippen LogP contribution in [-0.2, 0) is 4.74 Å². The zero-order chi connectivity index (χ0) is 9.97. The summed E-state index contributed by atoms with van der Waals surface area (Å²) in [6, 6.07) is 0. The Bertz CT molecular complexity index is 333. The van der Waals surface area contributed by atoms with E-state index in [1.54, 1.807) is 0 Å². The molecule has 2 heterocycles. The third-order valence-corrected chi connectivity index (χ3v) is 2.61. The molecule has 0 unspecified atom stereocenters. The molecule has 0 saturated carbocycles. The van der Waals surface area contributed by atoms with Crippen molar-refractivity contribution < 1.29 is 4.74 Å². The minimum Gasteiger partial charge on any atom is -0.381 e. The molecule has 3 N–H and O–H groups in total. The van der Waals surface area contributed by atoms with Crippen LogP contribution in [0.5, 0.6) is 0 Å². The zero-order valence-electron chi connectivity index (χ0n) is 7.56. The predicted octanol–water partition coefficient (Wildman–Crippen LogP) is -0.222. The van der Waals surface area contributed by atoms with E-state index in [1.807, 2.05) is 4.90 Å². The van der Waals surface area contributed by atoms with Gasteiger partial charge in [-0.05, 0) is 0 Å². The molecule has 6 nitrogen and oxygen atoms in total. The van der Waals surface area contributed by atoms with Gasteiger partial charge in [0.05, 0.1) is 24.9 Å². The molecular formula is C7H11N5OS. The second-order valence-electron chi connectivity index (χ2n) is 2.95. The van der Waals surface area contributed by atoms with E-state index in [0.717, 1.165) is 24.8 Å². The standard InChI is InChI=1S/C7H11N5OS/c8-6-5(10-14-11-6)7(9)12-1-3-13-4-2-12/h9H,1-4H2,(H2,8,11). The van der Waals surface area contributed by atoms with Gasteiger partial charge in [0.1, 0.15) is 0 Å². The van der Waals surface area contributed by atoms with E-state index in [0.29, 0.717) is 30.6 Å². The number of amidine groups is 1. The topological polar surface area (TPSA) is 88.1 Å². The lowest BCUT2D eigenvalue weighted by atomic mass is 10.3. The van der Waals surface area contributed by atoms with Crippen LogP contribution in [0, 0.1) is 5.41 Å². The Kier molecular flexibility index (Phi) is 2.60. The summed E-state index contributed by atoms with van der Waals surface area (Å²) in [7, 11) is 0. The number of nitrogens with zero attached hydrogens (tertiary/aromatic N) is 3. The molecule has 0 aliphatic carbocycles. The van der Waals surface area contributed by atoms with Crippen LogP contribution in [0.3, 0.4) is 0 Å². The Labute approximate surface area is 85.5 Å². The van der Waals surface area contributed by atoms with Gasteiger partial charge >= 0.3 is 0 Å². The van der Waals surface area contributed by atoms with Crippen LogP contribution in [0.4, 0.5) is 5.82 Å². The van der Waals surface area contributed by atoms with Gasteiger partial charge in [0, 0.05) is 13.1 Å². The Morgan fingerprint density at radius 1 is 1.43 bits per heavy atom. The first kappa shape index (κ1) is 9.35. The van der Waals surface area contributed by atoms with Gasteiger partial charge < -0.3 is 15.4 Å². The van der Waals surface area contributed by atoms with Crippen LogP contribution >= 0.6 is 11.7 Å². The van der Waals surface area contributed by atoms with Gasteiger partial charge in [-0.3, -0.25) is 5.41 Å². The molecule has 0 spiro atoms. The Morgan fingerprint density at radius 2 is 2.14 bits per heavy atom. The normalized spacial score (nSPS) is 17.0. The Morgan fingerprint density at radius 3 is 2.71 bits per heavy atom. The lowest BCUT2D eigenvalue weighted by molar-refractivity contribution is 0.0679. The summed E-state index contributed by atoms with van der Waals surface area (Å²) in [6.07, 6.45) is 0. The molecule has 1 aromatic heterocycles. The fourth-order valence-corrected chi connectivity index (χ4v) is 1.77. The maximum absolute atomic E-state index is 7.88. The van der Waals surface area contributed by atoms with E-state index in [9.17, 15) is 0 Å². The van der Waals surface area contributed by atoms with Gasteiger partial charge in [-0.25, -0.2) is 0 Å². The average molecular weight is 213 g/mol. The van der Waals surface area contributed by atoms with Crippen LogP contribution in [0.25, 0.3) is 0 Å². The fourth-order valence-electron chi connectivity index (χ4n) is 1.30. The van der Waals surface area contributed by atoms with Crippen LogP contribution < -0.4 is 5.73 Å². The minimum atomic E-state index is 0.339. The van der Waals surface area contributed by atoms with Crippen LogP contribution in [0.15, 0.2) is 0 Å². The number of nitrogens with one attached hydrogen (secondary N) is 1. The molecule has 0 atom stereocenters. The molecular weight excluding hydrogens is 202 g/mol. The summed E-state index contributed by atoms with van der Waals surface area (Å²) in [5.74, 6) is 0.686. The van der Waals surface area contributed by atoms with E-state index in [1.165, 1.54) is 0 Å². The maximum Gasteiger partial charge on any atom is 0.168 e. The highest BCUT2D eigenvalue weighted by atomic mass is 32.1. The molecule has 76 valence electrons. The molecule has 1 fully saturated rings. The third-order valence-electron chi connectivity index (χ3n) is 2.07. The summed E-state index contributed by atoms with van der Waals surface area (Å²) in [5, 5.41) is 7.88. The molecule has 1 aliphatic heterocycles. The molecule has 0 aromatic carbocycles. The van der Waals surface area contributed by atoms with Crippen molar-refractivity contribution in [1.29, 1.82) is 5.41 Å². The van der Waals surface area contributed by atoms with E-state index in [-0.39, 0.29) is 0 Å². The van der Waals surface area contributed by atoms with Crippen molar-refractivity contribution in [2.75, 3.05) is 32.0 Å². The highest BCUT2D eigenvalue weighted by molar-refractivity contribution is 6.99. The number of hydrogen-bond donors (Lipinski definition) is 2. The summed E-state index contributed by atoms with van der Waals surface area (Å²) in [4.78, 5) is 1.90. The molecule has 7 heteroatoms. The smallest absolute Gasteiger partial charge is 0.168 e. The largest absolute Gasteiger partial charge is 0.381 e. The predicted molar refractivity (Wildman–Crippen MR) is 53.5 cm³/mol. The Balaban J connectivity index is 2.11. The Hall–Kier alpha value is -1.21. The van der Waals surface area contributed by atoms with Crippen LogP contribution in [0.2, 0.25) is 0 Å². The van der Waals surface area contributed by atoms with Gasteiger partial charge in [0.2, 0.25) is 0 Å². The summed E-state index contributed by atoms with van der Waals surface area (Å²) >= 11 is 1.03. The fraction of sp³-hybridized carbons (Fsp3) is 0.571. The van der Waals surface area contributed by atoms with Gasteiger partial charge in [0.25, 0.3) is 0 Å². The molecule has 0 radical (unpaired) electrons. The van der Waals surface area contributed by atoms with E-state index in [4.69, 9.17) is 15.9 Å². The van der Waals surface area contributed by atoms with Crippen molar-refractivity contribution in [2.24, 2.45) is 0 Å². The summed E-state index contributed by atoms with van der Waals surface area (Å²) in [5.41, 5.74) is 6.07. The first-order valence-electron chi connectivity index (χ1n) is 4.28. The van der Waals surface area contributed by atoms with Crippen molar-refractivity contribution in [2.45, 2.75) is 0 Å². The average Bonchev–Trinajstić information content (AvgIpc) is 2.65. The minimum absolute atomic E-state index is 0.339. The van der Waals surface area contributed by atoms with Gasteiger partial charge in [-0.15, -0.1) is 0 Å². The van der Waals surface area contributed by atoms with E-state index >= 15 is 0 Å². The van der Waals surface area contributed by atoms with Crippen LogP contribution in [0.1, 0.15) is 5.69 Å². The number of aromatic nitrogens is 2. The lowest BCUT2D eigenvalue weighted by Gasteiger charge is -2.28. The van der Waals surface area contributed by atoms with Gasteiger partial charge in [-0.1, -0.05) is 0 Å². The van der Waals surface area contributed by atoms with Crippen molar-refractivity contribution >= 4 is 23.4 Å². The SMILES string of the molecule is N=C(c1nsnc1N)N1CCOCC1. The number of ether oxygens (including phenoxy) is 1. The number of anilines is 1. The number of hydrogen-bond acceptors (Lipinski definition) is 6. The van der Waals surface area contributed by atoms with E-state index in [2.05, 4.69) is 8.75 Å². The van der Waals surface area contributed by atoms with Crippen molar-refractivity contribution in [1.82, 2.24) is 13.6 Å². The highest BCUT2D eigenvalue weighted by Crippen LogP contribution is 2.11. The number of nitrogens with two attached hydrogens (primary N) is 1. The lowest BCUT2D eigenvalue weighted by Crippen LogP contribution is -2.41. The summed E-state index contributed by atoms with van der Waals surface area (Å²) < 4.78 is 13.0. The van der Waals surface area contributed by atoms with Crippen molar-refractivity contribution in [3.63, 3.8) is 0 Å². The first-order valence-corrected chi connectivity index (χ1v) is 5.01. The third kappa shape index (κ3) is 1.68. The van der Waals surface area contributed by atoms with Crippen LogP contribution in [-0.4, -0.2) is 45.8 Å². The van der Waals surface area contributed by atoms with Crippen molar-refractivity contribution in [3.8, 4) is 0 Å². The highest BCUT2D eigenvalue weighted by Gasteiger charge is 2.19.